The zero-order valence-corrected chi connectivity index (χ0v) is 20.3. The highest BCUT2D eigenvalue weighted by Gasteiger charge is 2.15. The van der Waals surface area contributed by atoms with Crippen LogP contribution in [0.1, 0.15) is 17.1 Å². The third kappa shape index (κ3) is 4.54. The summed E-state index contributed by atoms with van der Waals surface area (Å²) in [5.41, 5.74) is 7.43. The van der Waals surface area contributed by atoms with Crippen molar-refractivity contribution in [3.8, 4) is 22.4 Å². The smallest absolute Gasteiger partial charge is 0.226 e. The first-order chi connectivity index (χ1) is 18.2. The number of hydrogen-bond donors (Lipinski definition) is 1. The largest absolute Gasteiger partial charge is 0.352 e. The number of hydrogen-bond acceptors (Lipinski definition) is 5. The van der Waals surface area contributed by atoms with Crippen LogP contribution >= 0.6 is 0 Å². The monoisotopic (exact) mass is 484 g/mol. The van der Waals surface area contributed by atoms with Gasteiger partial charge in [0.25, 0.3) is 0 Å². The maximum absolute atomic E-state index is 12.3. The molecule has 0 saturated carbocycles. The normalized spacial score (nSPS) is 11.2. The number of pyridine rings is 3. The molecule has 180 valence electrons. The second-order valence-corrected chi connectivity index (χ2v) is 8.91. The maximum Gasteiger partial charge on any atom is 0.226 e. The molecule has 37 heavy (non-hydrogen) atoms. The van der Waals surface area contributed by atoms with Crippen molar-refractivity contribution in [1.29, 1.82) is 0 Å². The average molecular weight is 485 g/mol. The van der Waals surface area contributed by atoms with Crippen LogP contribution < -0.4 is 5.32 Å². The fourth-order valence-corrected chi connectivity index (χ4v) is 4.48. The van der Waals surface area contributed by atoms with Crippen LogP contribution in [-0.4, -0.2) is 30.5 Å². The molecule has 7 heteroatoms. The number of nitrogens with one attached hydrogen (secondary N) is 1. The second kappa shape index (κ2) is 9.62. The van der Waals surface area contributed by atoms with Crippen molar-refractivity contribution in [2.75, 3.05) is 0 Å². The second-order valence-electron chi connectivity index (χ2n) is 8.91. The van der Waals surface area contributed by atoms with Gasteiger partial charge in [-0.05, 0) is 42.3 Å². The Morgan fingerprint density at radius 1 is 0.892 bits per heavy atom. The Hall–Kier alpha value is -4.91. The SMILES string of the molecule is Cc1nnc2c3cc(-c4ccccc4)c(-c4ccc(CNC(=O)Cc5ccccn5)cc4)nc3ccn12. The number of aromatic nitrogens is 5. The molecule has 0 radical (unpaired) electrons. The molecule has 6 rings (SSSR count). The topological polar surface area (TPSA) is 85.1 Å². The molecule has 0 bridgehead atoms. The number of carbonyl (C=O) groups excluding carboxylic acids is 1. The van der Waals surface area contributed by atoms with Gasteiger partial charge in [-0.25, -0.2) is 4.98 Å². The van der Waals surface area contributed by atoms with Crippen molar-refractivity contribution >= 4 is 22.5 Å². The number of aryl methyl sites for hydroxylation is 1. The van der Waals surface area contributed by atoms with Crippen LogP contribution in [0.2, 0.25) is 0 Å². The van der Waals surface area contributed by atoms with Crippen LogP contribution in [0.3, 0.4) is 0 Å². The fraction of sp³-hybridized carbons (Fsp3) is 0.100. The lowest BCUT2D eigenvalue weighted by Gasteiger charge is -2.13. The van der Waals surface area contributed by atoms with Gasteiger partial charge in [0.1, 0.15) is 5.82 Å². The van der Waals surface area contributed by atoms with E-state index in [1.165, 1.54) is 0 Å². The molecule has 4 heterocycles. The molecule has 2 aromatic carbocycles. The first-order valence-corrected chi connectivity index (χ1v) is 12.1. The van der Waals surface area contributed by atoms with Gasteiger partial charge in [-0.3, -0.25) is 14.2 Å². The number of nitrogens with zero attached hydrogens (tertiary/aromatic N) is 5. The minimum atomic E-state index is -0.0552. The zero-order valence-electron chi connectivity index (χ0n) is 20.3. The minimum absolute atomic E-state index is 0.0552. The maximum atomic E-state index is 12.3. The summed E-state index contributed by atoms with van der Waals surface area (Å²) in [6, 6.07) is 28.2. The predicted molar refractivity (Wildman–Crippen MR) is 144 cm³/mol. The Kier molecular flexibility index (Phi) is 5.86. The Morgan fingerprint density at radius 2 is 1.70 bits per heavy atom. The van der Waals surface area contributed by atoms with Crippen molar-refractivity contribution in [3.05, 3.63) is 114 Å². The highest BCUT2D eigenvalue weighted by molar-refractivity contribution is 5.98. The first-order valence-electron chi connectivity index (χ1n) is 12.1. The Labute approximate surface area is 213 Å². The Bertz CT molecular complexity index is 1710. The van der Waals surface area contributed by atoms with Crippen LogP contribution in [0.4, 0.5) is 0 Å². The van der Waals surface area contributed by atoms with Gasteiger partial charge in [0.15, 0.2) is 5.65 Å². The predicted octanol–water partition coefficient (Wildman–Crippen LogP) is 5.17. The summed E-state index contributed by atoms with van der Waals surface area (Å²) in [4.78, 5) is 21.6. The molecule has 0 aliphatic rings. The summed E-state index contributed by atoms with van der Waals surface area (Å²) in [5, 5.41) is 12.6. The van der Waals surface area contributed by atoms with Crippen molar-refractivity contribution < 1.29 is 4.79 Å². The Balaban J connectivity index is 1.32. The van der Waals surface area contributed by atoms with Gasteiger partial charge in [-0.2, -0.15) is 0 Å². The van der Waals surface area contributed by atoms with E-state index in [0.717, 1.165) is 56.0 Å². The summed E-state index contributed by atoms with van der Waals surface area (Å²) in [6.45, 7) is 2.39. The van der Waals surface area contributed by atoms with Crippen LogP contribution in [-0.2, 0) is 17.8 Å². The molecule has 7 nitrogen and oxygen atoms in total. The molecule has 1 amide bonds. The summed E-state index contributed by atoms with van der Waals surface area (Å²) < 4.78 is 1.98. The van der Waals surface area contributed by atoms with E-state index in [-0.39, 0.29) is 12.3 Å². The molecule has 1 N–H and O–H groups in total. The molecule has 0 atom stereocenters. The number of benzene rings is 2. The van der Waals surface area contributed by atoms with E-state index in [0.29, 0.717) is 6.54 Å². The van der Waals surface area contributed by atoms with E-state index in [4.69, 9.17) is 4.98 Å². The number of fused-ring (bicyclic) bond motifs is 3. The molecule has 4 aromatic heterocycles. The van der Waals surface area contributed by atoms with Crippen molar-refractivity contribution in [2.45, 2.75) is 19.9 Å². The summed E-state index contributed by atoms with van der Waals surface area (Å²) >= 11 is 0. The molecule has 0 spiro atoms. The zero-order chi connectivity index (χ0) is 25.2. The van der Waals surface area contributed by atoms with Crippen LogP contribution in [0.25, 0.3) is 38.9 Å². The fourth-order valence-electron chi connectivity index (χ4n) is 4.48. The number of amides is 1. The van der Waals surface area contributed by atoms with Gasteiger partial charge in [-0.1, -0.05) is 60.7 Å². The minimum Gasteiger partial charge on any atom is -0.352 e. The summed E-state index contributed by atoms with van der Waals surface area (Å²) in [5.74, 6) is 0.783. The molecular weight excluding hydrogens is 460 g/mol. The molecule has 0 aliphatic heterocycles. The van der Waals surface area contributed by atoms with Crippen molar-refractivity contribution in [1.82, 2.24) is 29.9 Å². The molecule has 6 aromatic rings. The molecule has 0 unspecified atom stereocenters. The molecule has 0 fully saturated rings. The van der Waals surface area contributed by atoms with Gasteiger partial charge in [0.2, 0.25) is 5.91 Å². The Morgan fingerprint density at radius 3 is 2.49 bits per heavy atom. The van der Waals surface area contributed by atoms with Crippen molar-refractivity contribution in [3.63, 3.8) is 0 Å². The lowest BCUT2D eigenvalue weighted by Crippen LogP contribution is -2.24. The molecule has 0 aliphatic carbocycles. The van der Waals surface area contributed by atoms with Crippen LogP contribution in [0.5, 0.6) is 0 Å². The third-order valence-corrected chi connectivity index (χ3v) is 6.41. The van der Waals surface area contributed by atoms with Crippen LogP contribution in [0, 0.1) is 6.92 Å². The van der Waals surface area contributed by atoms with E-state index in [1.807, 2.05) is 72.1 Å². The van der Waals surface area contributed by atoms with Gasteiger partial charge < -0.3 is 5.32 Å². The standard InChI is InChI=1S/C30H24N6O/c1-20-34-35-30-26-18-25(22-7-3-2-4-8-22)29(33-27(26)14-16-36(20)30)23-12-10-21(11-13-23)19-32-28(37)17-24-9-5-6-15-31-24/h2-16,18H,17,19H2,1H3,(H,32,37). The van der Waals surface area contributed by atoms with Crippen LogP contribution in [0.15, 0.2) is 97.3 Å². The van der Waals surface area contributed by atoms with Gasteiger partial charge >= 0.3 is 0 Å². The number of carbonyl (C=O) groups is 1. The highest BCUT2D eigenvalue weighted by atomic mass is 16.1. The molecule has 0 saturated heterocycles. The lowest BCUT2D eigenvalue weighted by atomic mass is 9.97. The van der Waals surface area contributed by atoms with E-state index in [1.54, 1.807) is 6.20 Å². The van der Waals surface area contributed by atoms with E-state index in [2.05, 4.69) is 50.8 Å². The van der Waals surface area contributed by atoms with E-state index in [9.17, 15) is 4.79 Å². The van der Waals surface area contributed by atoms with E-state index < -0.39 is 0 Å². The van der Waals surface area contributed by atoms with Crippen molar-refractivity contribution in [2.24, 2.45) is 0 Å². The summed E-state index contributed by atoms with van der Waals surface area (Å²) in [7, 11) is 0. The highest BCUT2D eigenvalue weighted by Crippen LogP contribution is 2.34. The first kappa shape index (κ1) is 22.5. The van der Waals surface area contributed by atoms with Gasteiger partial charge in [0.05, 0.1) is 17.6 Å². The van der Waals surface area contributed by atoms with E-state index >= 15 is 0 Å². The van der Waals surface area contributed by atoms with Gasteiger partial charge in [0, 0.05) is 41.1 Å². The number of rotatable bonds is 6. The molecular formula is C30H24N6O. The lowest BCUT2D eigenvalue weighted by molar-refractivity contribution is -0.120. The third-order valence-electron chi connectivity index (χ3n) is 6.41. The quantitative estimate of drug-likeness (QED) is 0.352. The average Bonchev–Trinajstić information content (AvgIpc) is 3.33. The summed E-state index contributed by atoms with van der Waals surface area (Å²) in [6.07, 6.45) is 3.92. The van der Waals surface area contributed by atoms with Gasteiger partial charge in [-0.15, -0.1) is 10.2 Å².